The fourth-order valence-electron chi connectivity index (χ4n) is 3.27. The third-order valence-electron chi connectivity index (χ3n) is 5.00. The number of hydrogen-bond donors (Lipinski definition) is 2. The summed E-state index contributed by atoms with van der Waals surface area (Å²) in [5.41, 5.74) is 1.31. The van der Waals surface area contributed by atoms with E-state index in [1.54, 1.807) is 0 Å². The molecule has 0 amide bonds. The molecule has 5 heteroatoms. The second kappa shape index (κ2) is 10.0. The van der Waals surface area contributed by atoms with Crippen LogP contribution in [0, 0.1) is 0 Å². The average Bonchev–Trinajstić information content (AvgIpc) is 3.37. The normalized spacial score (nSPS) is 21.3. The Labute approximate surface area is 158 Å². The Morgan fingerprint density at radius 3 is 2.76 bits per heavy atom. The van der Waals surface area contributed by atoms with Gasteiger partial charge in [0.2, 0.25) is 0 Å². The maximum atomic E-state index is 6.10. The summed E-state index contributed by atoms with van der Waals surface area (Å²) >= 11 is 6.10. The van der Waals surface area contributed by atoms with Gasteiger partial charge in [-0.3, -0.25) is 4.99 Å². The number of guanidine groups is 1. The summed E-state index contributed by atoms with van der Waals surface area (Å²) in [6.45, 7) is 10.1. The van der Waals surface area contributed by atoms with Crippen LogP contribution < -0.4 is 10.6 Å². The maximum Gasteiger partial charge on any atom is 0.191 e. The number of nitrogens with zero attached hydrogens (tertiary/aromatic N) is 2. The molecule has 1 aromatic carbocycles. The average molecular weight is 365 g/mol. The fraction of sp³-hybridized carbons (Fsp3) is 0.650. The molecule has 25 heavy (non-hydrogen) atoms. The lowest BCUT2D eigenvalue weighted by Crippen LogP contribution is -2.43. The number of halogens is 1. The summed E-state index contributed by atoms with van der Waals surface area (Å²) in [7, 11) is 1.84. The van der Waals surface area contributed by atoms with E-state index in [9.17, 15) is 0 Å². The van der Waals surface area contributed by atoms with Crippen molar-refractivity contribution in [1.82, 2.24) is 15.5 Å². The Hall–Kier alpha value is -1.26. The predicted molar refractivity (Wildman–Crippen MR) is 109 cm³/mol. The van der Waals surface area contributed by atoms with Crippen LogP contribution in [0.1, 0.15) is 51.5 Å². The molecule has 2 rings (SSSR count). The Balaban J connectivity index is 1.72. The zero-order chi connectivity index (χ0) is 18.2. The van der Waals surface area contributed by atoms with E-state index in [0.717, 1.165) is 36.9 Å². The van der Waals surface area contributed by atoms with Gasteiger partial charge in [0.1, 0.15) is 0 Å². The molecule has 3 unspecified atom stereocenters. The van der Waals surface area contributed by atoms with Gasteiger partial charge in [0.15, 0.2) is 5.96 Å². The molecular weight excluding hydrogens is 332 g/mol. The highest BCUT2D eigenvalue weighted by molar-refractivity contribution is 6.30. The van der Waals surface area contributed by atoms with Crippen LogP contribution in [0.4, 0.5) is 0 Å². The van der Waals surface area contributed by atoms with E-state index in [2.05, 4.69) is 53.4 Å². The molecule has 0 heterocycles. The highest BCUT2D eigenvalue weighted by Crippen LogP contribution is 2.41. The topological polar surface area (TPSA) is 39.7 Å². The van der Waals surface area contributed by atoms with Gasteiger partial charge in [0, 0.05) is 30.1 Å². The van der Waals surface area contributed by atoms with E-state index in [1.165, 1.54) is 18.5 Å². The predicted octanol–water partition coefficient (Wildman–Crippen LogP) is 3.87. The molecular formula is C20H33ClN4. The summed E-state index contributed by atoms with van der Waals surface area (Å²) in [6.07, 6.45) is 3.50. The van der Waals surface area contributed by atoms with Gasteiger partial charge in [-0.2, -0.15) is 0 Å². The van der Waals surface area contributed by atoms with Gasteiger partial charge in [-0.05, 0) is 63.5 Å². The minimum absolute atomic E-state index is 0.421. The molecule has 4 nitrogen and oxygen atoms in total. The van der Waals surface area contributed by atoms with Crippen LogP contribution >= 0.6 is 11.6 Å². The van der Waals surface area contributed by atoms with E-state index < -0.39 is 0 Å². The number of rotatable bonds is 9. The van der Waals surface area contributed by atoms with Crippen molar-refractivity contribution in [2.75, 3.05) is 26.7 Å². The minimum Gasteiger partial charge on any atom is -0.354 e. The lowest BCUT2D eigenvalue weighted by molar-refractivity contribution is 0.292. The zero-order valence-electron chi connectivity index (χ0n) is 16.1. The molecule has 140 valence electrons. The Morgan fingerprint density at radius 2 is 2.12 bits per heavy atom. The Bertz CT molecular complexity index is 556. The van der Waals surface area contributed by atoms with Crippen LogP contribution in [0.3, 0.4) is 0 Å². The lowest BCUT2D eigenvalue weighted by atomic mass is 10.1. The Kier molecular flexibility index (Phi) is 8.04. The van der Waals surface area contributed by atoms with Crippen LogP contribution in [0.15, 0.2) is 29.3 Å². The highest BCUT2D eigenvalue weighted by Gasteiger charge is 2.39. The first-order valence-electron chi connectivity index (χ1n) is 9.55. The molecule has 1 saturated carbocycles. The number of aliphatic imine (C=N–C) groups is 1. The van der Waals surface area contributed by atoms with E-state index in [-0.39, 0.29) is 0 Å². The summed E-state index contributed by atoms with van der Waals surface area (Å²) < 4.78 is 0. The minimum atomic E-state index is 0.421. The maximum absolute atomic E-state index is 6.10. The number of benzene rings is 1. The quantitative estimate of drug-likeness (QED) is 0.516. The Morgan fingerprint density at radius 1 is 1.36 bits per heavy atom. The van der Waals surface area contributed by atoms with Gasteiger partial charge in [0.25, 0.3) is 0 Å². The molecule has 1 aliphatic carbocycles. The van der Waals surface area contributed by atoms with Crippen LogP contribution in [-0.2, 0) is 0 Å². The standard InChI is InChI=1S/C20H33ClN4/c1-5-25(6-2)12-8-9-15(3)23-20(22-4)24-19-14-18(19)16-10-7-11-17(21)13-16/h7,10-11,13,15,18-19H,5-6,8-9,12,14H2,1-4H3,(H2,22,23,24). The van der Waals surface area contributed by atoms with Crippen molar-refractivity contribution in [2.45, 2.75) is 58.0 Å². The molecule has 1 fully saturated rings. The molecule has 0 radical (unpaired) electrons. The summed E-state index contributed by atoms with van der Waals surface area (Å²) in [6, 6.07) is 9.05. The zero-order valence-corrected chi connectivity index (χ0v) is 16.8. The molecule has 0 saturated heterocycles. The van der Waals surface area contributed by atoms with Crippen molar-refractivity contribution in [2.24, 2.45) is 4.99 Å². The second-order valence-electron chi connectivity index (χ2n) is 6.93. The van der Waals surface area contributed by atoms with E-state index in [4.69, 9.17) is 11.6 Å². The van der Waals surface area contributed by atoms with Crippen LogP contribution in [0.5, 0.6) is 0 Å². The molecule has 0 bridgehead atoms. The third kappa shape index (κ3) is 6.52. The molecule has 1 aromatic rings. The SMILES string of the molecule is CCN(CC)CCCC(C)NC(=NC)NC1CC1c1cccc(Cl)c1. The van der Waals surface area contributed by atoms with Gasteiger partial charge in [-0.25, -0.2) is 0 Å². The molecule has 0 aromatic heterocycles. The van der Waals surface area contributed by atoms with Crippen molar-refractivity contribution < 1.29 is 0 Å². The first-order valence-corrected chi connectivity index (χ1v) is 9.92. The van der Waals surface area contributed by atoms with E-state index in [0.29, 0.717) is 18.0 Å². The van der Waals surface area contributed by atoms with Gasteiger partial charge in [-0.15, -0.1) is 0 Å². The molecule has 0 spiro atoms. The van der Waals surface area contributed by atoms with Crippen molar-refractivity contribution >= 4 is 17.6 Å². The van der Waals surface area contributed by atoms with Gasteiger partial charge >= 0.3 is 0 Å². The molecule has 3 atom stereocenters. The van der Waals surface area contributed by atoms with Crippen molar-refractivity contribution in [3.63, 3.8) is 0 Å². The smallest absolute Gasteiger partial charge is 0.191 e. The largest absolute Gasteiger partial charge is 0.354 e. The van der Waals surface area contributed by atoms with Crippen LogP contribution in [0.25, 0.3) is 0 Å². The lowest BCUT2D eigenvalue weighted by Gasteiger charge is -2.21. The van der Waals surface area contributed by atoms with E-state index >= 15 is 0 Å². The molecule has 1 aliphatic rings. The van der Waals surface area contributed by atoms with Gasteiger partial charge < -0.3 is 15.5 Å². The van der Waals surface area contributed by atoms with Crippen LogP contribution in [0.2, 0.25) is 5.02 Å². The first-order chi connectivity index (χ1) is 12.1. The monoisotopic (exact) mass is 364 g/mol. The van der Waals surface area contributed by atoms with Crippen molar-refractivity contribution in [3.05, 3.63) is 34.9 Å². The molecule has 0 aliphatic heterocycles. The number of nitrogens with one attached hydrogen (secondary N) is 2. The van der Waals surface area contributed by atoms with Crippen molar-refractivity contribution in [1.29, 1.82) is 0 Å². The fourth-order valence-corrected chi connectivity index (χ4v) is 3.47. The van der Waals surface area contributed by atoms with Crippen LogP contribution in [-0.4, -0.2) is 49.6 Å². The summed E-state index contributed by atoms with van der Waals surface area (Å²) in [4.78, 5) is 6.86. The highest BCUT2D eigenvalue weighted by atomic mass is 35.5. The third-order valence-corrected chi connectivity index (χ3v) is 5.24. The first kappa shape index (κ1) is 20.1. The summed E-state index contributed by atoms with van der Waals surface area (Å²) in [5, 5.41) is 7.88. The number of hydrogen-bond acceptors (Lipinski definition) is 2. The van der Waals surface area contributed by atoms with E-state index in [1.807, 2.05) is 19.2 Å². The van der Waals surface area contributed by atoms with Gasteiger partial charge in [-0.1, -0.05) is 37.6 Å². The van der Waals surface area contributed by atoms with Crippen molar-refractivity contribution in [3.8, 4) is 0 Å². The summed E-state index contributed by atoms with van der Waals surface area (Å²) in [5.74, 6) is 1.44. The molecule has 2 N–H and O–H groups in total. The van der Waals surface area contributed by atoms with Gasteiger partial charge in [0.05, 0.1) is 0 Å². The second-order valence-corrected chi connectivity index (χ2v) is 7.37.